The molecule has 8 nitrogen and oxygen atoms in total. The van der Waals surface area contributed by atoms with Crippen molar-refractivity contribution in [1.82, 2.24) is 30.6 Å². The van der Waals surface area contributed by atoms with Crippen molar-refractivity contribution >= 4 is 45.2 Å². The van der Waals surface area contributed by atoms with Crippen molar-refractivity contribution in [3.63, 3.8) is 0 Å². The molecule has 28 heavy (non-hydrogen) atoms. The van der Waals surface area contributed by atoms with E-state index in [0.717, 1.165) is 16.3 Å². The topological polar surface area (TPSA) is 116 Å². The first-order valence-corrected chi connectivity index (χ1v) is 9.05. The first kappa shape index (κ1) is 18.0. The predicted molar refractivity (Wildman–Crippen MR) is 106 cm³/mol. The summed E-state index contributed by atoms with van der Waals surface area (Å²) in [5.74, 6) is -0.667. The van der Waals surface area contributed by atoms with Gasteiger partial charge in [0.15, 0.2) is 5.69 Å². The Morgan fingerprint density at radius 2 is 1.93 bits per heavy atom. The van der Waals surface area contributed by atoms with Crippen LogP contribution in [0.5, 0.6) is 0 Å². The van der Waals surface area contributed by atoms with Crippen LogP contribution in [0.15, 0.2) is 42.7 Å². The van der Waals surface area contributed by atoms with E-state index in [0.29, 0.717) is 11.2 Å². The fraction of sp³-hybridized carbons (Fsp3) is 0.158. The largest absolute Gasteiger partial charge is 0.353 e. The molecule has 0 fully saturated rings. The molecule has 1 aromatic carbocycles. The van der Waals surface area contributed by atoms with Gasteiger partial charge in [0.1, 0.15) is 5.69 Å². The quantitative estimate of drug-likeness (QED) is 0.415. The highest BCUT2D eigenvalue weighted by Crippen LogP contribution is 2.26. The number of nitrogens with zero attached hydrogens (tertiary/aromatic N) is 2. The highest BCUT2D eigenvalue weighted by molar-refractivity contribution is 6.28. The molecule has 3 aromatic heterocycles. The molecule has 1 atom stereocenters. The second-order valence-corrected chi connectivity index (χ2v) is 6.78. The predicted octanol–water partition coefficient (Wildman–Crippen LogP) is 2.64. The van der Waals surface area contributed by atoms with Gasteiger partial charge in [-0.15, -0.1) is 0 Å². The van der Waals surface area contributed by atoms with E-state index in [1.54, 1.807) is 13.1 Å². The third-order valence-electron chi connectivity index (χ3n) is 4.38. The molecule has 0 radical (unpaired) electrons. The lowest BCUT2D eigenvalue weighted by molar-refractivity contribution is 0.0908. The van der Waals surface area contributed by atoms with Gasteiger partial charge in [-0.1, -0.05) is 18.2 Å². The number of carbonyl (C=O) groups is 2. The third-order valence-corrected chi connectivity index (χ3v) is 4.57. The van der Waals surface area contributed by atoms with Crippen molar-refractivity contribution in [3.05, 3.63) is 59.4 Å². The molecule has 0 bridgehead atoms. The van der Waals surface area contributed by atoms with Crippen LogP contribution in [0.25, 0.3) is 21.8 Å². The van der Waals surface area contributed by atoms with E-state index in [9.17, 15) is 9.59 Å². The number of fused-ring (bicyclic) bond motifs is 3. The fourth-order valence-electron chi connectivity index (χ4n) is 3.04. The van der Waals surface area contributed by atoms with Crippen LogP contribution in [0.1, 0.15) is 27.9 Å². The Morgan fingerprint density at radius 1 is 1.11 bits per heavy atom. The average Bonchev–Trinajstić information content (AvgIpc) is 3.29. The molecule has 142 valence electrons. The number of aromatic nitrogens is 4. The zero-order valence-electron chi connectivity index (χ0n) is 14.9. The maximum absolute atomic E-state index is 12.7. The van der Waals surface area contributed by atoms with Gasteiger partial charge >= 0.3 is 0 Å². The van der Waals surface area contributed by atoms with Crippen LogP contribution in [0.2, 0.25) is 5.28 Å². The van der Waals surface area contributed by atoms with Crippen LogP contribution in [0.4, 0.5) is 0 Å². The Kier molecular flexibility index (Phi) is 4.70. The number of imidazole rings is 1. The van der Waals surface area contributed by atoms with Crippen LogP contribution >= 0.6 is 11.6 Å². The van der Waals surface area contributed by atoms with Gasteiger partial charge in [0.2, 0.25) is 5.28 Å². The molecule has 0 aliphatic carbocycles. The summed E-state index contributed by atoms with van der Waals surface area (Å²) in [6.45, 7) is 2.04. The summed E-state index contributed by atoms with van der Waals surface area (Å²) >= 11 is 5.67. The van der Waals surface area contributed by atoms with Crippen LogP contribution in [0, 0.1) is 0 Å². The van der Waals surface area contributed by atoms with Crippen LogP contribution in [-0.4, -0.2) is 44.3 Å². The van der Waals surface area contributed by atoms with E-state index < -0.39 is 0 Å². The summed E-state index contributed by atoms with van der Waals surface area (Å²) in [5.41, 5.74) is 2.20. The molecule has 4 rings (SSSR count). The first-order chi connectivity index (χ1) is 13.5. The summed E-state index contributed by atoms with van der Waals surface area (Å²) in [4.78, 5) is 38.7. The number of H-pyrrole nitrogens is 2. The number of nitrogens with one attached hydrogen (secondary N) is 4. The Balaban J connectivity index is 1.46. The highest BCUT2D eigenvalue weighted by atomic mass is 35.5. The molecule has 0 aliphatic heterocycles. The molecule has 4 aromatic rings. The smallest absolute Gasteiger partial charge is 0.272 e. The summed E-state index contributed by atoms with van der Waals surface area (Å²) in [5, 5.41) is 7.69. The van der Waals surface area contributed by atoms with Crippen molar-refractivity contribution in [2.24, 2.45) is 0 Å². The number of pyridine rings is 1. The molecule has 0 aliphatic rings. The van der Waals surface area contributed by atoms with Gasteiger partial charge in [-0.2, -0.15) is 0 Å². The lowest BCUT2D eigenvalue weighted by Crippen LogP contribution is -2.42. The highest BCUT2D eigenvalue weighted by Gasteiger charge is 2.18. The molecular formula is C19H17ClN6O2. The molecule has 0 saturated carbocycles. The minimum absolute atomic E-state index is 0.143. The van der Waals surface area contributed by atoms with Gasteiger partial charge in [-0.25, -0.2) is 9.97 Å². The standard InChI is InChI=1S/C19H17ClN6O2/c1-10(8-22-17(27)14-9-23-19(20)26-14)24-18(28)16-15-12(6-7-21-16)11-4-2-3-5-13(11)25-15/h2-7,9-10,25H,8H2,1H3,(H,22,27)(H,23,26)(H,24,28)/t10-/m0/s1. The minimum Gasteiger partial charge on any atom is -0.353 e. The van der Waals surface area contributed by atoms with Gasteiger partial charge in [-0.3, -0.25) is 9.59 Å². The number of benzene rings is 1. The van der Waals surface area contributed by atoms with Gasteiger partial charge < -0.3 is 20.6 Å². The lowest BCUT2D eigenvalue weighted by atomic mass is 10.1. The second kappa shape index (κ2) is 7.32. The Bertz CT molecular complexity index is 1180. The van der Waals surface area contributed by atoms with Crippen LogP contribution < -0.4 is 10.6 Å². The van der Waals surface area contributed by atoms with E-state index in [-0.39, 0.29) is 35.4 Å². The fourth-order valence-corrected chi connectivity index (χ4v) is 3.19. The van der Waals surface area contributed by atoms with Gasteiger partial charge in [0.25, 0.3) is 11.8 Å². The zero-order chi connectivity index (χ0) is 19.7. The molecule has 3 heterocycles. The van der Waals surface area contributed by atoms with Crippen molar-refractivity contribution in [3.8, 4) is 0 Å². The number of hydrogen-bond acceptors (Lipinski definition) is 4. The number of carbonyl (C=O) groups excluding carboxylic acids is 2. The second-order valence-electron chi connectivity index (χ2n) is 6.42. The number of para-hydroxylation sites is 1. The molecular weight excluding hydrogens is 380 g/mol. The van der Waals surface area contributed by atoms with Gasteiger partial charge in [0, 0.05) is 35.1 Å². The van der Waals surface area contributed by atoms with Crippen molar-refractivity contribution in [2.45, 2.75) is 13.0 Å². The Morgan fingerprint density at radius 3 is 2.71 bits per heavy atom. The van der Waals surface area contributed by atoms with Crippen LogP contribution in [0.3, 0.4) is 0 Å². The molecule has 9 heteroatoms. The number of aromatic amines is 2. The summed E-state index contributed by atoms with van der Waals surface area (Å²) in [6.07, 6.45) is 2.97. The number of halogens is 1. The minimum atomic E-state index is -0.351. The maximum atomic E-state index is 12.7. The molecule has 0 unspecified atom stereocenters. The van der Waals surface area contributed by atoms with E-state index >= 15 is 0 Å². The average molecular weight is 397 g/mol. The molecule has 0 spiro atoms. The number of hydrogen-bond donors (Lipinski definition) is 4. The first-order valence-electron chi connectivity index (χ1n) is 8.68. The molecule has 0 saturated heterocycles. The monoisotopic (exact) mass is 396 g/mol. The maximum Gasteiger partial charge on any atom is 0.272 e. The summed E-state index contributed by atoms with van der Waals surface area (Å²) < 4.78 is 0. The Labute approximate surface area is 164 Å². The summed E-state index contributed by atoms with van der Waals surface area (Å²) in [7, 11) is 0. The Hall–Kier alpha value is -3.39. The number of rotatable bonds is 5. The van der Waals surface area contributed by atoms with Crippen molar-refractivity contribution in [2.75, 3.05) is 6.54 Å². The molecule has 4 N–H and O–H groups in total. The van der Waals surface area contributed by atoms with Crippen LogP contribution in [-0.2, 0) is 0 Å². The lowest BCUT2D eigenvalue weighted by Gasteiger charge is -2.14. The van der Waals surface area contributed by atoms with Crippen molar-refractivity contribution in [1.29, 1.82) is 0 Å². The van der Waals surface area contributed by atoms with Gasteiger partial charge in [0.05, 0.1) is 11.7 Å². The van der Waals surface area contributed by atoms with Gasteiger partial charge in [-0.05, 0) is 30.7 Å². The van der Waals surface area contributed by atoms with E-state index in [4.69, 9.17) is 11.6 Å². The third kappa shape index (κ3) is 3.41. The molecule has 2 amide bonds. The number of amides is 2. The van der Waals surface area contributed by atoms with Crippen molar-refractivity contribution < 1.29 is 9.59 Å². The normalized spacial score (nSPS) is 12.2. The van der Waals surface area contributed by atoms with E-state index in [1.165, 1.54) is 6.20 Å². The zero-order valence-corrected chi connectivity index (χ0v) is 15.7. The van der Waals surface area contributed by atoms with E-state index in [1.807, 2.05) is 30.3 Å². The SMILES string of the molecule is C[C@@H](CNC(=O)c1cnc(Cl)[nH]1)NC(=O)c1nccc2c1[nH]c1ccccc12. The summed E-state index contributed by atoms with van der Waals surface area (Å²) in [6, 6.07) is 9.41. The van der Waals surface area contributed by atoms with E-state index in [2.05, 4.69) is 30.6 Å².